The quantitative estimate of drug-likeness (QED) is 0.455. The summed E-state index contributed by atoms with van der Waals surface area (Å²) in [6.07, 6.45) is 8.21. The maximum Gasteiger partial charge on any atom is 0.155 e. The van der Waals surface area contributed by atoms with Gasteiger partial charge in [0, 0.05) is 30.5 Å². The Morgan fingerprint density at radius 1 is 0.969 bits per heavy atom. The van der Waals surface area contributed by atoms with Crippen molar-refractivity contribution in [3.05, 3.63) is 77.1 Å². The molecule has 0 unspecified atom stereocenters. The van der Waals surface area contributed by atoms with Crippen molar-refractivity contribution in [2.24, 2.45) is 5.41 Å². The number of halogens is 1. The summed E-state index contributed by atoms with van der Waals surface area (Å²) >= 11 is 0. The second kappa shape index (κ2) is 7.12. The van der Waals surface area contributed by atoms with Crippen molar-refractivity contribution in [3.63, 3.8) is 0 Å². The zero-order valence-electron chi connectivity index (χ0n) is 18.5. The van der Waals surface area contributed by atoms with Crippen molar-refractivity contribution in [3.8, 4) is 11.3 Å². The number of aryl methyl sites for hydroxylation is 1. The van der Waals surface area contributed by atoms with Crippen LogP contribution in [-0.4, -0.2) is 32.7 Å². The maximum absolute atomic E-state index is 14.3. The van der Waals surface area contributed by atoms with Gasteiger partial charge in [0.2, 0.25) is 0 Å². The first-order valence-electron chi connectivity index (χ1n) is 11.3. The standard InChI is InChI=1S/C26H26FN5/c1-17-20(6-3-7-21(17)27)24-18(2)30-25(23-8-12-29-32(23)24)31-13-9-26(10-14-31)15-19-5-4-11-28-22(19)16-26/h3-8,11-12H,9-10,13-16H2,1-2H3. The molecule has 6 heteroatoms. The Balaban J connectivity index is 1.34. The summed E-state index contributed by atoms with van der Waals surface area (Å²) < 4.78 is 16.2. The number of hydrogen-bond donors (Lipinski definition) is 0. The van der Waals surface area contributed by atoms with Crippen molar-refractivity contribution < 1.29 is 4.39 Å². The van der Waals surface area contributed by atoms with Crippen molar-refractivity contribution in [2.75, 3.05) is 18.0 Å². The predicted octanol–water partition coefficient (Wildman–Crippen LogP) is 4.93. The van der Waals surface area contributed by atoms with Crippen LogP contribution in [0.15, 0.2) is 48.8 Å². The van der Waals surface area contributed by atoms with Gasteiger partial charge in [-0.1, -0.05) is 18.2 Å². The summed E-state index contributed by atoms with van der Waals surface area (Å²) in [6, 6.07) is 11.5. The van der Waals surface area contributed by atoms with Crippen LogP contribution in [0.1, 0.15) is 35.4 Å². The molecule has 5 nitrogen and oxygen atoms in total. The SMILES string of the molecule is Cc1nc(N2CCC3(CC2)Cc2cccnc2C3)c2ccnn2c1-c1cccc(F)c1C. The van der Waals surface area contributed by atoms with E-state index in [9.17, 15) is 4.39 Å². The lowest BCUT2D eigenvalue weighted by Gasteiger charge is -2.40. The number of nitrogens with zero attached hydrogens (tertiary/aromatic N) is 5. The molecule has 1 saturated heterocycles. The Labute approximate surface area is 186 Å². The third kappa shape index (κ3) is 2.93. The van der Waals surface area contributed by atoms with Gasteiger partial charge in [0.25, 0.3) is 0 Å². The minimum atomic E-state index is -0.209. The third-order valence-electron chi connectivity index (χ3n) is 7.44. The molecule has 1 aliphatic carbocycles. The summed E-state index contributed by atoms with van der Waals surface area (Å²) in [5.41, 5.74) is 7.18. The molecule has 1 fully saturated rings. The zero-order valence-corrected chi connectivity index (χ0v) is 18.5. The van der Waals surface area contributed by atoms with Crippen LogP contribution in [0.5, 0.6) is 0 Å². The molecule has 0 atom stereocenters. The van der Waals surface area contributed by atoms with E-state index in [4.69, 9.17) is 4.98 Å². The number of benzene rings is 1. The lowest BCUT2D eigenvalue weighted by molar-refractivity contribution is 0.231. The first-order chi connectivity index (χ1) is 15.5. The Morgan fingerprint density at radius 3 is 2.62 bits per heavy atom. The summed E-state index contributed by atoms with van der Waals surface area (Å²) in [5.74, 6) is 0.765. The molecule has 1 spiro atoms. The molecule has 0 radical (unpaired) electrons. The van der Waals surface area contributed by atoms with Crippen molar-refractivity contribution in [1.82, 2.24) is 19.6 Å². The van der Waals surface area contributed by atoms with Gasteiger partial charge in [-0.25, -0.2) is 13.9 Å². The fraction of sp³-hybridized carbons (Fsp3) is 0.346. The molecule has 1 aliphatic heterocycles. The van der Waals surface area contributed by atoms with E-state index in [1.54, 1.807) is 6.07 Å². The largest absolute Gasteiger partial charge is 0.355 e. The highest BCUT2D eigenvalue weighted by atomic mass is 19.1. The van der Waals surface area contributed by atoms with Crippen LogP contribution in [0.2, 0.25) is 0 Å². The summed E-state index contributed by atoms with van der Waals surface area (Å²) in [6.45, 7) is 5.75. The molecule has 3 aromatic heterocycles. The van der Waals surface area contributed by atoms with E-state index in [1.165, 1.54) is 17.3 Å². The normalized spacial score (nSPS) is 17.3. The highest BCUT2D eigenvalue weighted by Crippen LogP contribution is 2.45. The van der Waals surface area contributed by atoms with Gasteiger partial charge in [0.15, 0.2) is 5.82 Å². The predicted molar refractivity (Wildman–Crippen MR) is 123 cm³/mol. The van der Waals surface area contributed by atoms with E-state index >= 15 is 0 Å². The molecule has 2 aliphatic rings. The molecule has 1 aromatic carbocycles. The molecular formula is C26H26FN5. The first kappa shape index (κ1) is 19.4. The number of rotatable bonds is 2. The zero-order chi connectivity index (χ0) is 21.9. The van der Waals surface area contributed by atoms with Gasteiger partial charge < -0.3 is 4.90 Å². The lowest BCUT2D eigenvalue weighted by Crippen LogP contribution is -2.41. The number of piperidine rings is 1. The van der Waals surface area contributed by atoms with Crippen LogP contribution in [-0.2, 0) is 12.8 Å². The van der Waals surface area contributed by atoms with Crippen LogP contribution < -0.4 is 4.90 Å². The van der Waals surface area contributed by atoms with Crippen molar-refractivity contribution in [2.45, 2.75) is 39.5 Å². The molecule has 0 bridgehead atoms. The highest BCUT2D eigenvalue weighted by molar-refractivity contribution is 5.76. The van der Waals surface area contributed by atoms with Crippen LogP contribution in [0.3, 0.4) is 0 Å². The van der Waals surface area contributed by atoms with E-state index in [2.05, 4.69) is 27.1 Å². The molecule has 4 aromatic rings. The lowest BCUT2D eigenvalue weighted by atomic mass is 9.76. The number of hydrogen-bond acceptors (Lipinski definition) is 4. The number of aromatic nitrogens is 4. The number of fused-ring (bicyclic) bond motifs is 2. The third-order valence-corrected chi connectivity index (χ3v) is 7.44. The number of pyridine rings is 1. The minimum absolute atomic E-state index is 0.209. The number of anilines is 1. The summed E-state index contributed by atoms with van der Waals surface area (Å²) in [7, 11) is 0. The smallest absolute Gasteiger partial charge is 0.155 e. The van der Waals surface area contributed by atoms with Gasteiger partial charge in [0.1, 0.15) is 11.3 Å². The van der Waals surface area contributed by atoms with Gasteiger partial charge in [-0.3, -0.25) is 4.98 Å². The monoisotopic (exact) mass is 427 g/mol. The van der Waals surface area contributed by atoms with Gasteiger partial charge in [-0.05, 0) is 74.3 Å². The van der Waals surface area contributed by atoms with Gasteiger partial charge in [0.05, 0.1) is 17.6 Å². The second-order valence-electron chi connectivity index (χ2n) is 9.36. The molecule has 0 saturated carbocycles. The van der Waals surface area contributed by atoms with E-state index < -0.39 is 0 Å². The summed E-state index contributed by atoms with van der Waals surface area (Å²) in [4.78, 5) is 12.0. The van der Waals surface area contributed by atoms with Crippen molar-refractivity contribution >= 4 is 11.3 Å². The highest BCUT2D eigenvalue weighted by Gasteiger charge is 2.41. The van der Waals surface area contributed by atoms with Gasteiger partial charge in [-0.15, -0.1) is 0 Å². The second-order valence-corrected chi connectivity index (χ2v) is 9.36. The summed E-state index contributed by atoms with van der Waals surface area (Å²) in [5, 5.41) is 4.60. The first-order valence-corrected chi connectivity index (χ1v) is 11.3. The Morgan fingerprint density at radius 2 is 1.81 bits per heavy atom. The van der Waals surface area contributed by atoms with E-state index in [1.807, 2.05) is 42.9 Å². The average molecular weight is 428 g/mol. The van der Waals surface area contributed by atoms with E-state index in [0.717, 1.165) is 67.1 Å². The van der Waals surface area contributed by atoms with Crippen LogP contribution >= 0.6 is 0 Å². The molecule has 162 valence electrons. The Bertz CT molecular complexity index is 1310. The molecule has 6 rings (SSSR count). The van der Waals surface area contributed by atoms with E-state index in [0.29, 0.717) is 11.0 Å². The van der Waals surface area contributed by atoms with Gasteiger partial charge in [-0.2, -0.15) is 5.10 Å². The fourth-order valence-electron chi connectivity index (χ4n) is 5.64. The average Bonchev–Trinajstić information content (AvgIpc) is 3.41. The topological polar surface area (TPSA) is 46.3 Å². The van der Waals surface area contributed by atoms with Crippen LogP contribution in [0.25, 0.3) is 16.8 Å². The molecule has 32 heavy (non-hydrogen) atoms. The Hall–Kier alpha value is -3.28. The Kier molecular flexibility index (Phi) is 4.32. The molecular weight excluding hydrogens is 401 g/mol. The maximum atomic E-state index is 14.3. The van der Waals surface area contributed by atoms with Crippen LogP contribution in [0.4, 0.5) is 10.2 Å². The molecule has 0 amide bonds. The fourth-order valence-corrected chi connectivity index (χ4v) is 5.64. The molecule has 0 N–H and O–H groups in total. The van der Waals surface area contributed by atoms with Crippen molar-refractivity contribution in [1.29, 1.82) is 0 Å². The molecule has 4 heterocycles. The van der Waals surface area contributed by atoms with E-state index in [-0.39, 0.29) is 5.82 Å². The van der Waals surface area contributed by atoms with Crippen LogP contribution in [0, 0.1) is 25.1 Å². The minimum Gasteiger partial charge on any atom is -0.355 e. The van der Waals surface area contributed by atoms with Gasteiger partial charge >= 0.3 is 0 Å².